The van der Waals surface area contributed by atoms with Crippen molar-refractivity contribution in [3.05, 3.63) is 78.0 Å². The summed E-state index contributed by atoms with van der Waals surface area (Å²) in [5, 5.41) is 4.19. The lowest BCUT2D eigenvalue weighted by Gasteiger charge is -2.36. The second-order valence-corrected chi connectivity index (χ2v) is 9.75. The van der Waals surface area contributed by atoms with Crippen LogP contribution in [0.5, 0.6) is 17.2 Å². The Morgan fingerprint density at radius 2 is 1.59 bits per heavy atom. The van der Waals surface area contributed by atoms with Gasteiger partial charge in [0.1, 0.15) is 17.2 Å². The SMILES string of the molecule is COc1ccc(N2CCN(CCc3c[nH]c4ccc(NC(=O)Cc5cc(OC)ccc5OC)cc34)CC2)cc1. The van der Waals surface area contributed by atoms with Crippen molar-refractivity contribution < 1.29 is 19.0 Å². The van der Waals surface area contributed by atoms with Gasteiger partial charge in [0.2, 0.25) is 5.91 Å². The minimum absolute atomic E-state index is 0.104. The summed E-state index contributed by atoms with van der Waals surface area (Å²) < 4.78 is 16.0. The molecule has 0 bridgehead atoms. The second kappa shape index (κ2) is 12.1. The first-order chi connectivity index (χ1) is 19.1. The molecule has 1 aliphatic rings. The van der Waals surface area contributed by atoms with Gasteiger partial charge in [0, 0.05) is 66.8 Å². The molecule has 4 aromatic rings. The van der Waals surface area contributed by atoms with Crippen LogP contribution in [-0.4, -0.2) is 69.8 Å². The van der Waals surface area contributed by atoms with Gasteiger partial charge in [-0.3, -0.25) is 9.69 Å². The Bertz CT molecular complexity index is 1410. The van der Waals surface area contributed by atoms with E-state index in [1.165, 1.54) is 11.3 Å². The smallest absolute Gasteiger partial charge is 0.228 e. The molecule has 8 nitrogen and oxygen atoms in total. The highest BCUT2D eigenvalue weighted by atomic mass is 16.5. The summed E-state index contributed by atoms with van der Waals surface area (Å²) in [6.45, 7) is 5.07. The first-order valence-electron chi connectivity index (χ1n) is 13.3. The molecule has 1 amide bonds. The Kier molecular flexibility index (Phi) is 8.22. The van der Waals surface area contributed by atoms with E-state index in [0.29, 0.717) is 11.5 Å². The van der Waals surface area contributed by atoms with Gasteiger partial charge in [0.05, 0.1) is 27.8 Å². The Morgan fingerprint density at radius 3 is 2.31 bits per heavy atom. The molecular weight excluding hydrogens is 492 g/mol. The predicted molar refractivity (Wildman–Crippen MR) is 156 cm³/mol. The topological polar surface area (TPSA) is 79.1 Å². The standard InChI is InChI=1S/C31H36N4O4/c1-37-26-7-5-25(6-8-26)35-16-14-34(15-17-35)13-12-22-21-32-29-10-4-24(20-28(22)29)33-31(36)19-23-18-27(38-2)9-11-30(23)39-3/h4-11,18,20-21,32H,12-17,19H2,1-3H3,(H,33,36). The van der Waals surface area contributed by atoms with Crippen LogP contribution in [0, 0.1) is 0 Å². The van der Waals surface area contributed by atoms with Crippen LogP contribution in [-0.2, 0) is 17.6 Å². The van der Waals surface area contributed by atoms with Crippen molar-refractivity contribution in [2.75, 3.05) is 64.3 Å². The number of anilines is 2. The molecule has 8 heteroatoms. The molecule has 0 saturated carbocycles. The summed E-state index contributed by atoms with van der Waals surface area (Å²) in [5.41, 5.74) is 5.13. The second-order valence-electron chi connectivity index (χ2n) is 9.75. The van der Waals surface area contributed by atoms with Gasteiger partial charge in [-0.25, -0.2) is 0 Å². The average molecular weight is 529 g/mol. The number of methoxy groups -OCH3 is 3. The van der Waals surface area contributed by atoms with Gasteiger partial charge in [-0.1, -0.05) is 0 Å². The van der Waals surface area contributed by atoms with E-state index < -0.39 is 0 Å². The molecule has 0 radical (unpaired) electrons. The van der Waals surface area contributed by atoms with Crippen LogP contribution in [0.3, 0.4) is 0 Å². The number of rotatable bonds is 10. The Hall–Kier alpha value is -4.17. The lowest BCUT2D eigenvalue weighted by Crippen LogP contribution is -2.46. The first kappa shape index (κ1) is 26.4. The molecule has 0 aliphatic carbocycles. The molecule has 5 rings (SSSR count). The summed E-state index contributed by atoms with van der Waals surface area (Å²) in [5.74, 6) is 2.14. The van der Waals surface area contributed by atoms with Crippen LogP contribution in [0.25, 0.3) is 10.9 Å². The van der Waals surface area contributed by atoms with Gasteiger partial charge in [0.25, 0.3) is 0 Å². The number of nitrogens with zero attached hydrogens (tertiary/aromatic N) is 2. The van der Waals surface area contributed by atoms with Gasteiger partial charge in [-0.15, -0.1) is 0 Å². The van der Waals surface area contributed by atoms with Crippen LogP contribution in [0.2, 0.25) is 0 Å². The third-order valence-corrected chi connectivity index (χ3v) is 7.40. The Labute approximate surface area is 229 Å². The minimum Gasteiger partial charge on any atom is -0.497 e. The van der Waals surface area contributed by atoms with Gasteiger partial charge in [0.15, 0.2) is 0 Å². The van der Waals surface area contributed by atoms with Gasteiger partial charge in [-0.05, 0) is 72.6 Å². The van der Waals surface area contributed by atoms with Crippen molar-refractivity contribution in [1.29, 1.82) is 0 Å². The van der Waals surface area contributed by atoms with E-state index in [2.05, 4.69) is 44.5 Å². The molecule has 1 aliphatic heterocycles. The number of aromatic nitrogens is 1. The van der Waals surface area contributed by atoms with Crippen LogP contribution in [0.15, 0.2) is 66.9 Å². The molecule has 1 aromatic heterocycles. The fourth-order valence-electron chi connectivity index (χ4n) is 5.16. The Balaban J connectivity index is 1.17. The van der Waals surface area contributed by atoms with E-state index >= 15 is 0 Å². The Morgan fingerprint density at radius 1 is 0.846 bits per heavy atom. The molecule has 2 N–H and O–H groups in total. The van der Waals surface area contributed by atoms with E-state index in [4.69, 9.17) is 14.2 Å². The highest BCUT2D eigenvalue weighted by Gasteiger charge is 2.18. The fourth-order valence-corrected chi connectivity index (χ4v) is 5.16. The first-order valence-corrected chi connectivity index (χ1v) is 13.3. The molecule has 39 heavy (non-hydrogen) atoms. The lowest BCUT2D eigenvalue weighted by molar-refractivity contribution is -0.115. The van der Waals surface area contributed by atoms with Gasteiger partial charge in [-0.2, -0.15) is 0 Å². The van der Waals surface area contributed by atoms with E-state index in [9.17, 15) is 4.79 Å². The maximum absolute atomic E-state index is 12.9. The van der Waals surface area contributed by atoms with Crippen molar-refractivity contribution in [3.63, 3.8) is 0 Å². The van der Waals surface area contributed by atoms with Crippen LogP contribution < -0.4 is 24.4 Å². The van der Waals surface area contributed by atoms with Crippen molar-refractivity contribution in [2.45, 2.75) is 12.8 Å². The monoisotopic (exact) mass is 528 g/mol. The number of aromatic amines is 1. The van der Waals surface area contributed by atoms with E-state index in [1.807, 2.05) is 42.5 Å². The number of carbonyl (C=O) groups is 1. The zero-order valence-corrected chi connectivity index (χ0v) is 22.8. The maximum atomic E-state index is 12.9. The molecule has 204 valence electrons. The summed E-state index contributed by atoms with van der Waals surface area (Å²) >= 11 is 0. The van der Waals surface area contributed by atoms with E-state index in [-0.39, 0.29) is 12.3 Å². The van der Waals surface area contributed by atoms with Crippen LogP contribution in [0.4, 0.5) is 11.4 Å². The molecule has 0 atom stereocenters. The molecule has 1 saturated heterocycles. The van der Waals surface area contributed by atoms with Gasteiger partial charge >= 0.3 is 0 Å². The number of amides is 1. The summed E-state index contributed by atoms with van der Waals surface area (Å²) in [6, 6.07) is 19.8. The van der Waals surface area contributed by atoms with E-state index in [0.717, 1.165) is 67.0 Å². The number of fused-ring (bicyclic) bond motifs is 1. The third kappa shape index (κ3) is 6.29. The maximum Gasteiger partial charge on any atom is 0.228 e. The van der Waals surface area contributed by atoms with Crippen molar-refractivity contribution in [2.24, 2.45) is 0 Å². The fraction of sp³-hybridized carbons (Fsp3) is 0.323. The number of hydrogen-bond acceptors (Lipinski definition) is 6. The van der Waals surface area contributed by atoms with Crippen LogP contribution >= 0.6 is 0 Å². The molecule has 1 fully saturated rings. The molecule has 3 aromatic carbocycles. The number of benzene rings is 3. The molecule has 0 spiro atoms. The number of nitrogens with one attached hydrogen (secondary N) is 2. The van der Waals surface area contributed by atoms with E-state index in [1.54, 1.807) is 21.3 Å². The zero-order valence-electron chi connectivity index (χ0n) is 22.8. The number of piperazine rings is 1. The van der Waals surface area contributed by atoms with Gasteiger partial charge < -0.3 is 29.4 Å². The van der Waals surface area contributed by atoms with Crippen molar-refractivity contribution in [3.8, 4) is 17.2 Å². The highest BCUT2D eigenvalue weighted by Crippen LogP contribution is 2.27. The number of H-pyrrole nitrogens is 1. The minimum atomic E-state index is -0.104. The molecule has 2 heterocycles. The third-order valence-electron chi connectivity index (χ3n) is 7.40. The number of carbonyl (C=O) groups excluding carboxylic acids is 1. The van der Waals surface area contributed by atoms with Crippen molar-refractivity contribution in [1.82, 2.24) is 9.88 Å². The summed E-state index contributed by atoms with van der Waals surface area (Å²) in [4.78, 5) is 21.2. The molecule has 0 unspecified atom stereocenters. The highest BCUT2D eigenvalue weighted by molar-refractivity contribution is 5.96. The zero-order chi connectivity index (χ0) is 27.2. The summed E-state index contributed by atoms with van der Waals surface area (Å²) in [7, 11) is 4.91. The largest absolute Gasteiger partial charge is 0.497 e. The summed E-state index contributed by atoms with van der Waals surface area (Å²) in [6.07, 6.45) is 3.23. The van der Waals surface area contributed by atoms with Crippen LogP contribution in [0.1, 0.15) is 11.1 Å². The predicted octanol–water partition coefficient (Wildman–Crippen LogP) is 4.74. The number of ether oxygens (including phenoxy) is 3. The normalized spacial score (nSPS) is 13.9. The lowest BCUT2D eigenvalue weighted by atomic mass is 10.1. The quantitative estimate of drug-likeness (QED) is 0.310. The number of hydrogen-bond donors (Lipinski definition) is 2. The molecular formula is C31H36N4O4. The average Bonchev–Trinajstić information content (AvgIpc) is 3.38. The van der Waals surface area contributed by atoms with Crippen molar-refractivity contribution >= 4 is 28.2 Å².